The molecular formula is C19H23FN3S+. The highest BCUT2D eigenvalue weighted by molar-refractivity contribution is 7.80. The van der Waals surface area contributed by atoms with Crippen molar-refractivity contribution in [2.75, 3.05) is 25.1 Å². The molecule has 3 rings (SSSR count). The number of hydrogen-bond acceptors (Lipinski definition) is 1. The van der Waals surface area contributed by atoms with Gasteiger partial charge in [-0.05, 0) is 42.9 Å². The minimum atomic E-state index is -0.123. The Hall–Kier alpha value is -1.98. The van der Waals surface area contributed by atoms with Gasteiger partial charge < -0.3 is 15.1 Å². The van der Waals surface area contributed by atoms with Gasteiger partial charge in [0.25, 0.3) is 0 Å². The van der Waals surface area contributed by atoms with Gasteiger partial charge in [-0.25, -0.2) is 4.39 Å². The van der Waals surface area contributed by atoms with Crippen molar-refractivity contribution in [2.45, 2.75) is 19.9 Å². The van der Waals surface area contributed by atoms with Crippen molar-refractivity contribution in [1.82, 2.24) is 4.90 Å². The molecule has 2 aromatic rings. The lowest BCUT2D eigenvalue weighted by Crippen LogP contribution is -3.13. The second-order valence-electron chi connectivity index (χ2n) is 6.34. The van der Waals surface area contributed by atoms with Crippen LogP contribution in [0.4, 0.5) is 10.1 Å². The van der Waals surface area contributed by atoms with E-state index in [1.807, 2.05) is 24.3 Å². The molecular weight excluding hydrogens is 321 g/mol. The van der Waals surface area contributed by atoms with Crippen LogP contribution in [0.2, 0.25) is 0 Å². The molecule has 0 spiro atoms. The molecule has 1 fully saturated rings. The molecule has 3 nitrogen and oxygen atoms in total. The minimum Gasteiger partial charge on any atom is -0.332 e. The van der Waals surface area contributed by atoms with Gasteiger partial charge in [0.15, 0.2) is 11.8 Å². The van der Waals surface area contributed by atoms with Gasteiger partial charge in [-0.15, -0.1) is 0 Å². The molecule has 0 aromatic heterocycles. The van der Waals surface area contributed by atoms with Crippen LogP contribution in [0.25, 0.3) is 0 Å². The number of aryl methyl sites for hydroxylation is 1. The zero-order valence-electron chi connectivity index (χ0n) is 13.9. The molecule has 0 aliphatic carbocycles. The van der Waals surface area contributed by atoms with E-state index in [-0.39, 0.29) is 5.82 Å². The summed E-state index contributed by atoms with van der Waals surface area (Å²) in [6.45, 7) is 5.54. The van der Waals surface area contributed by atoms with Crippen LogP contribution < -0.4 is 10.2 Å². The first kappa shape index (κ1) is 16.9. The minimum absolute atomic E-state index is 0.123. The van der Waals surface area contributed by atoms with Crippen molar-refractivity contribution in [3.05, 3.63) is 65.5 Å². The zero-order chi connectivity index (χ0) is 16.9. The summed E-state index contributed by atoms with van der Waals surface area (Å²) in [5.41, 5.74) is 2.99. The lowest BCUT2D eigenvalue weighted by molar-refractivity contribution is -0.927. The molecule has 5 heteroatoms. The number of benzene rings is 2. The largest absolute Gasteiger partial charge is 0.332 e. The summed E-state index contributed by atoms with van der Waals surface area (Å²) in [5, 5.41) is 4.06. The molecule has 0 radical (unpaired) electrons. The summed E-state index contributed by atoms with van der Waals surface area (Å²) in [4.78, 5) is 3.51. The molecule has 126 valence electrons. The first-order valence-electron chi connectivity index (χ1n) is 8.31. The van der Waals surface area contributed by atoms with Gasteiger partial charge in [0.05, 0.1) is 6.54 Å². The van der Waals surface area contributed by atoms with E-state index in [0.717, 1.165) is 42.5 Å². The Morgan fingerprint density at radius 2 is 2.08 bits per heavy atom. The number of quaternary nitrogens is 1. The molecule has 1 atom stereocenters. The molecule has 0 saturated carbocycles. The lowest BCUT2D eigenvalue weighted by atomic mass is 10.2. The Morgan fingerprint density at radius 3 is 2.88 bits per heavy atom. The van der Waals surface area contributed by atoms with E-state index in [1.54, 1.807) is 6.07 Å². The van der Waals surface area contributed by atoms with Gasteiger partial charge in [0.1, 0.15) is 12.4 Å². The maximum atomic E-state index is 13.9. The van der Waals surface area contributed by atoms with E-state index in [4.69, 9.17) is 12.2 Å². The van der Waals surface area contributed by atoms with Crippen molar-refractivity contribution >= 4 is 23.0 Å². The SMILES string of the molecule is Cc1cccc(NC(=S)N2CCC[NH+](Cc3ccccc3F)C2)c1. The first-order chi connectivity index (χ1) is 11.6. The van der Waals surface area contributed by atoms with Crippen molar-refractivity contribution < 1.29 is 9.29 Å². The Balaban J connectivity index is 1.60. The average molecular weight is 344 g/mol. The number of anilines is 1. The number of halogens is 1. The van der Waals surface area contributed by atoms with E-state index in [2.05, 4.69) is 29.3 Å². The van der Waals surface area contributed by atoms with E-state index in [0.29, 0.717) is 6.54 Å². The quantitative estimate of drug-likeness (QED) is 0.835. The summed E-state index contributed by atoms with van der Waals surface area (Å²) in [6.07, 6.45) is 1.05. The molecule has 1 aliphatic heterocycles. The summed E-state index contributed by atoms with van der Waals surface area (Å²) >= 11 is 5.57. The predicted octanol–water partition coefficient (Wildman–Crippen LogP) is 2.58. The molecule has 1 heterocycles. The summed E-state index contributed by atoms with van der Waals surface area (Å²) < 4.78 is 13.9. The molecule has 1 saturated heterocycles. The molecule has 2 aromatic carbocycles. The number of thiocarbonyl (C=S) groups is 1. The van der Waals surface area contributed by atoms with Gasteiger partial charge in [-0.3, -0.25) is 0 Å². The van der Waals surface area contributed by atoms with Gasteiger partial charge in [0, 0.05) is 24.2 Å². The van der Waals surface area contributed by atoms with Crippen LogP contribution >= 0.6 is 12.2 Å². The summed E-state index contributed by atoms with van der Waals surface area (Å²) in [6, 6.07) is 15.2. The summed E-state index contributed by atoms with van der Waals surface area (Å²) in [7, 11) is 0. The Bertz CT molecular complexity index is 719. The summed E-state index contributed by atoms with van der Waals surface area (Å²) in [5.74, 6) is -0.123. The fourth-order valence-electron chi connectivity index (χ4n) is 3.10. The second-order valence-corrected chi connectivity index (χ2v) is 6.73. The highest BCUT2D eigenvalue weighted by atomic mass is 32.1. The van der Waals surface area contributed by atoms with E-state index >= 15 is 0 Å². The fraction of sp³-hybridized carbons (Fsp3) is 0.316. The average Bonchev–Trinajstić information content (AvgIpc) is 2.57. The van der Waals surface area contributed by atoms with Crippen molar-refractivity contribution in [3.63, 3.8) is 0 Å². The van der Waals surface area contributed by atoms with Crippen LogP contribution in [0.1, 0.15) is 17.5 Å². The van der Waals surface area contributed by atoms with Gasteiger partial charge in [-0.2, -0.15) is 0 Å². The van der Waals surface area contributed by atoms with Crippen LogP contribution in [-0.2, 0) is 6.54 Å². The normalized spacial score (nSPS) is 17.6. The molecule has 24 heavy (non-hydrogen) atoms. The number of rotatable bonds is 3. The van der Waals surface area contributed by atoms with E-state index in [9.17, 15) is 4.39 Å². The third-order valence-electron chi connectivity index (χ3n) is 4.33. The monoisotopic (exact) mass is 344 g/mol. The molecule has 0 bridgehead atoms. The maximum Gasteiger partial charge on any atom is 0.177 e. The number of nitrogens with one attached hydrogen (secondary N) is 2. The number of nitrogens with zero attached hydrogens (tertiary/aromatic N) is 1. The van der Waals surface area contributed by atoms with Crippen LogP contribution in [0, 0.1) is 12.7 Å². The van der Waals surface area contributed by atoms with E-state index in [1.165, 1.54) is 16.5 Å². The van der Waals surface area contributed by atoms with Crippen molar-refractivity contribution in [2.24, 2.45) is 0 Å². The number of hydrogen-bond donors (Lipinski definition) is 2. The molecule has 0 amide bonds. The standard InChI is InChI=1S/C19H22FN3S/c1-15-6-4-8-17(12-15)21-19(24)23-11-5-10-22(14-23)13-16-7-2-3-9-18(16)20/h2-4,6-9,12H,5,10-11,13-14H2,1H3,(H,21,24)/p+1. The Labute approximate surface area is 148 Å². The second kappa shape index (κ2) is 7.73. The third-order valence-corrected chi connectivity index (χ3v) is 4.69. The first-order valence-corrected chi connectivity index (χ1v) is 8.72. The van der Waals surface area contributed by atoms with Crippen LogP contribution in [0.5, 0.6) is 0 Å². The highest BCUT2D eigenvalue weighted by Crippen LogP contribution is 2.11. The van der Waals surface area contributed by atoms with Crippen LogP contribution in [0.3, 0.4) is 0 Å². The topological polar surface area (TPSA) is 19.7 Å². The van der Waals surface area contributed by atoms with Gasteiger partial charge in [0.2, 0.25) is 0 Å². The Kier molecular flexibility index (Phi) is 5.43. The molecule has 1 aliphatic rings. The van der Waals surface area contributed by atoms with Crippen LogP contribution in [0.15, 0.2) is 48.5 Å². The fourth-order valence-corrected chi connectivity index (χ4v) is 3.38. The van der Waals surface area contributed by atoms with Crippen molar-refractivity contribution in [3.8, 4) is 0 Å². The smallest absolute Gasteiger partial charge is 0.177 e. The predicted molar refractivity (Wildman–Crippen MR) is 99.5 cm³/mol. The van der Waals surface area contributed by atoms with Gasteiger partial charge in [-0.1, -0.05) is 30.3 Å². The third kappa shape index (κ3) is 4.30. The Morgan fingerprint density at radius 1 is 1.25 bits per heavy atom. The molecule has 2 N–H and O–H groups in total. The maximum absolute atomic E-state index is 13.9. The zero-order valence-corrected chi connectivity index (χ0v) is 14.7. The highest BCUT2D eigenvalue weighted by Gasteiger charge is 2.23. The van der Waals surface area contributed by atoms with Gasteiger partial charge >= 0.3 is 0 Å². The van der Waals surface area contributed by atoms with Crippen LogP contribution in [-0.4, -0.2) is 29.8 Å². The van der Waals surface area contributed by atoms with E-state index < -0.39 is 0 Å². The molecule has 1 unspecified atom stereocenters. The lowest BCUT2D eigenvalue weighted by Gasteiger charge is -2.34. The van der Waals surface area contributed by atoms with Crippen molar-refractivity contribution in [1.29, 1.82) is 0 Å².